The van der Waals surface area contributed by atoms with Gasteiger partial charge in [-0.1, -0.05) is 36.4 Å². The van der Waals surface area contributed by atoms with Crippen LogP contribution < -0.4 is 14.2 Å². The predicted octanol–water partition coefficient (Wildman–Crippen LogP) is 5.95. The van der Waals surface area contributed by atoms with Gasteiger partial charge < -0.3 is 14.2 Å². The van der Waals surface area contributed by atoms with Crippen LogP contribution in [0.5, 0.6) is 17.2 Å². The minimum absolute atomic E-state index is 0.710. The summed E-state index contributed by atoms with van der Waals surface area (Å²) in [5, 5.41) is 0. The van der Waals surface area contributed by atoms with Crippen molar-refractivity contribution in [3.63, 3.8) is 0 Å². The first kappa shape index (κ1) is 17.6. The van der Waals surface area contributed by atoms with Crippen molar-refractivity contribution in [2.45, 2.75) is 6.42 Å². The summed E-state index contributed by atoms with van der Waals surface area (Å²) in [6, 6.07) is 22.9. The first-order valence-corrected chi connectivity index (χ1v) is 9.79. The highest BCUT2D eigenvalue weighted by Crippen LogP contribution is 2.53. The topological polar surface area (TPSA) is 27.7 Å². The first-order chi connectivity index (χ1) is 14.3. The van der Waals surface area contributed by atoms with Crippen molar-refractivity contribution in [2.75, 3.05) is 20.8 Å². The maximum Gasteiger partial charge on any atom is 0.127 e. The minimum atomic E-state index is 0.710. The molecule has 0 unspecified atom stereocenters. The summed E-state index contributed by atoms with van der Waals surface area (Å²) in [5.74, 6) is 2.70. The van der Waals surface area contributed by atoms with Gasteiger partial charge in [-0.2, -0.15) is 0 Å². The third-order valence-corrected chi connectivity index (χ3v) is 5.60. The van der Waals surface area contributed by atoms with Gasteiger partial charge in [-0.15, -0.1) is 0 Å². The molecule has 0 aromatic heterocycles. The van der Waals surface area contributed by atoms with Crippen LogP contribution in [0.4, 0.5) is 0 Å². The van der Waals surface area contributed by atoms with E-state index >= 15 is 0 Å². The van der Waals surface area contributed by atoms with Gasteiger partial charge in [0.05, 0.1) is 20.8 Å². The van der Waals surface area contributed by atoms with Crippen molar-refractivity contribution in [2.24, 2.45) is 0 Å². The lowest BCUT2D eigenvalue weighted by Gasteiger charge is -2.19. The molecule has 1 heterocycles. The fourth-order valence-electron chi connectivity index (χ4n) is 4.23. The lowest BCUT2D eigenvalue weighted by atomic mass is 9.93. The summed E-state index contributed by atoms with van der Waals surface area (Å²) in [6.07, 6.45) is 3.17. The molecule has 29 heavy (non-hydrogen) atoms. The van der Waals surface area contributed by atoms with Gasteiger partial charge >= 0.3 is 0 Å². The van der Waals surface area contributed by atoms with Crippen molar-refractivity contribution in [1.82, 2.24) is 0 Å². The molecule has 0 bridgehead atoms. The summed E-state index contributed by atoms with van der Waals surface area (Å²) >= 11 is 0. The summed E-state index contributed by atoms with van der Waals surface area (Å²) in [5.41, 5.74) is 8.70. The van der Waals surface area contributed by atoms with Gasteiger partial charge in [-0.3, -0.25) is 0 Å². The number of ether oxygens (including phenoxy) is 3. The van der Waals surface area contributed by atoms with Gasteiger partial charge in [0, 0.05) is 12.0 Å². The summed E-state index contributed by atoms with van der Waals surface area (Å²) in [6.45, 7) is 0.710. The van der Waals surface area contributed by atoms with Crippen LogP contribution in [-0.4, -0.2) is 20.8 Å². The monoisotopic (exact) mass is 382 g/mol. The summed E-state index contributed by atoms with van der Waals surface area (Å²) < 4.78 is 16.6. The third kappa shape index (κ3) is 2.99. The Kier molecular flexibility index (Phi) is 4.36. The molecule has 3 aromatic carbocycles. The molecule has 0 N–H and O–H groups in total. The Balaban J connectivity index is 1.71. The van der Waals surface area contributed by atoms with Gasteiger partial charge in [0.1, 0.15) is 17.2 Å². The van der Waals surface area contributed by atoms with Crippen LogP contribution in [0.1, 0.15) is 28.7 Å². The molecular weight excluding hydrogens is 360 g/mol. The zero-order chi connectivity index (χ0) is 19.8. The largest absolute Gasteiger partial charge is 0.497 e. The van der Waals surface area contributed by atoms with Gasteiger partial charge in [0.15, 0.2) is 0 Å². The molecule has 0 saturated carbocycles. The van der Waals surface area contributed by atoms with E-state index in [1.165, 1.54) is 33.4 Å². The Morgan fingerprint density at radius 1 is 0.828 bits per heavy atom. The zero-order valence-electron chi connectivity index (χ0n) is 16.6. The molecule has 0 atom stereocenters. The Labute approximate surface area is 170 Å². The number of rotatable bonds is 4. The van der Waals surface area contributed by atoms with Crippen molar-refractivity contribution in [1.29, 1.82) is 0 Å². The molecule has 5 rings (SSSR count). The smallest absolute Gasteiger partial charge is 0.127 e. The highest BCUT2D eigenvalue weighted by molar-refractivity contribution is 6.25. The molecule has 0 saturated heterocycles. The fourth-order valence-corrected chi connectivity index (χ4v) is 4.23. The predicted molar refractivity (Wildman–Crippen MR) is 117 cm³/mol. The van der Waals surface area contributed by atoms with E-state index in [4.69, 9.17) is 14.2 Å². The molecule has 0 fully saturated rings. The number of hydrogen-bond donors (Lipinski definition) is 0. The van der Waals surface area contributed by atoms with Crippen LogP contribution in [-0.2, 0) is 0 Å². The highest BCUT2D eigenvalue weighted by Gasteiger charge is 2.32. The SMILES string of the molecule is COc1ccc(/C=C2/C(c3ccc(OC)cc3)=C3CCOc4cccc2c43)cc1. The highest BCUT2D eigenvalue weighted by atomic mass is 16.5. The van der Waals surface area contributed by atoms with E-state index in [2.05, 4.69) is 48.5 Å². The molecule has 1 aliphatic carbocycles. The van der Waals surface area contributed by atoms with Crippen LogP contribution >= 0.6 is 0 Å². The lowest BCUT2D eigenvalue weighted by molar-refractivity contribution is 0.317. The summed E-state index contributed by atoms with van der Waals surface area (Å²) in [7, 11) is 3.39. The van der Waals surface area contributed by atoms with Gasteiger partial charge in [0.2, 0.25) is 0 Å². The maximum absolute atomic E-state index is 5.97. The van der Waals surface area contributed by atoms with Crippen molar-refractivity contribution in [3.05, 3.63) is 89.0 Å². The quantitative estimate of drug-likeness (QED) is 0.558. The lowest BCUT2D eigenvalue weighted by Crippen LogP contribution is -2.07. The molecule has 2 aliphatic rings. The van der Waals surface area contributed by atoms with Crippen LogP contribution in [0.15, 0.2) is 66.7 Å². The van der Waals surface area contributed by atoms with Crippen LogP contribution in [0.3, 0.4) is 0 Å². The van der Waals surface area contributed by atoms with Crippen molar-refractivity contribution in [3.8, 4) is 17.2 Å². The zero-order valence-corrected chi connectivity index (χ0v) is 16.6. The molecular formula is C26H22O3. The van der Waals surface area contributed by atoms with Gasteiger partial charge in [0.25, 0.3) is 0 Å². The molecule has 144 valence electrons. The van der Waals surface area contributed by atoms with E-state index in [0.29, 0.717) is 6.61 Å². The third-order valence-electron chi connectivity index (χ3n) is 5.60. The van der Waals surface area contributed by atoms with Crippen LogP contribution in [0.25, 0.3) is 22.8 Å². The molecule has 0 spiro atoms. The Morgan fingerprint density at radius 3 is 2.21 bits per heavy atom. The Bertz CT molecular complexity index is 1120. The van der Waals surface area contributed by atoms with Crippen LogP contribution in [0, 0.1) is 0 Å². The second kappa shape index (κ2) is 7.17. The molecule has 3 heteroatoms. The number of hydrogen-bond acceptors (Lipinski definition) is 3. The van der Waals surface area contributed by atoms with Crippen LogP contribution in [0.2, 0.25) is 0 Å². The van der Waals surface area contributed by atoms with Crippen molar-refractivity contribution >= 4 is 22.8 Å². The molecule has 3 nitrogen and oxygen atoms in total. The van der Waals surface area contributed by atoms with E-state index in [1.807, 2.05) is 24.3 Å². The van der Waals surface area contributed by atoms with E-state index in [9.17, 15) is 0 Å². The molecule has 0 radical (unpaired) electrons. The average molecular weight is 382 g/mol. The first-order valence-electron chi connectivity index (χ1n) is 9.79. The van der Waals surface area contributed by atoms with E-state index < -0.39 is 0 Å². The number of benzene rings is 3. The standard InChI is InChI=1S/C26H22O3/c1-27-19-10-6-17(7-11-19)16-23-21-4-3-5-24-26(21)22(14-15-29-24)25(23)18-8-12-20(28-2)13-9-18/h3-13,16H,14-15H2,1-2H3/b23-16+. The maximum atomic E-state index is 5.97. The number of methoxy groups -OCH3 is 2. The Morgan fingerprint density at radius 2 is 1.52 bits per heavy atom. The normalized spacial score (nSPS) is 15.9. The molecule has 0 amide bonds. The van der Waals surface area contributed by atoms with Gasteiger partial charge in [-0.25, -0.2) is 0 Å². The second-order valence-corrected chi connectivity index (χ2v) is 7.19. The second-order valence-electron chi connectivity index (χ2n) is 7.19. The van der Waals surface area contributed by atoms with E-state index in [-0.39, 0.29) is 0 Å². The Hall–Kier alpha value is -3.46. The minimum Gasteiger partial charge on any atom is -0.497 e. The van der Waals surface area contributed by atoms with Gasteiger partial charge in [-0.05, 0) is 69.8 Å². The summed E-state index contributed by atoms with van der Waals surface area (Å²) in [4.78, 5) is 0. The fraction of sp³-hybridized carbons (Fsp3) is 0.154. The molecule has 1 aliphatic heterocycles. The number of allylic oxidation sites excluding steroid dienone is 2. The van der Waals surface area contributed by atoms with E-state index in [0.717, 1.165) is 29.2 Å². The van der Waals surface area contributed by atoms with Crippen molar-refractivity contribution < 1.29 is 14.2 Å². The average Bonchev–Trinajstić information content (AvgIpc) is 3.09. The molecule has 3 aromatic rings. The van der Waals surface area contributed by atoms with E-state index in [1.54, 1.807) is 14.2 Å².